The molecule has 7 atom stereocenters. The van der Waals surface area contributed by atoms with Gasteiger partial charge < -0.3 is 19.5 Å². The molecule has 0 aromatic heterocycles. The molecule has 4 rings (SSSR count). The summed E-state index contributed by atoms with van der Waals surface area (Å²) >= 11 is 0. The van der Waals surface area contributed by atoms with Crippen molar-refractivity contribution in [2.45, 2.75) is 122 Å². The zero-order chi connectivity index (χ0) is 30.4. The minimum Gasteiger partial charge on any atom is -0.457 e. The molecule has 2 saturated heterocycles. The van der Waals surface area contributed by atoms with Crippen LogP contribution in [-0.4, -0.2) is 42.4 Å². The molecule has 43 heavy (non-hydrogen) atoms. The number of hydrogen-bond donors (Lipinski definition) is 1. The Morgan fingerprint density at radius 3 is 2.47 bits per heavy atom. The van der Waals surface area contributed by atoms with Gasteiger partial charge in [0.2, 0.25) is 5.91 Å². The number of allylic oxidation sites excluding steroid dienone is 5. The molecule has 234 valence electrons. The Morgan fingerprint density at radius 1 is 0.930 bits per heavy atom. The van der Waals surface area contributed by atoms with Crippen molar-refractivity contribution in [3.05, 3.63) is 78.4 Å². The summed E-state index contributed by atoms with van der Waals surface area (Å²) in [5.41, 5.74) is 2.17. The Kier molecular flexibility index (Phi) is 13.3. The van der Waals surface area contributed by atoms with Crippen molar-refractivity contribution in [1.29, 1.82) is 0 Å². The summed E-state index contributed by atoms with van der Waals surface area (Å²) in [6.07, 6.45) is 23.9. The molecule has 6 heteroatoms. The van der Waals surface area contributed by atoms with Gasteiger partial charge >= 0.3 is 5.97 Å². The standard InChI is InChI=1S/C37H51NO5/c1-4-29-23-33-25-32-17-13-16-31(41-32)22-27(2)20-21-28(3)35(43-37(40)26-34(24-29)42-33)18-11-6-5-7-12-19-36(39)38-30-14-9-8-10-15-30/h4-6,8-11,14-15,18,20-21,27-28,31-35H,7,12-13,16-17,19,22-26H2,1-3H3,(H,38,39)/b6-5-,18-11+,21-20+,29-4-. The number of esters is 1. The van der Waals surface area contributed by atoms with Gasteiger partial charge in [-0.1, -0.05) is 74.1 Å². The Labute approximate surface area is 258 Å². The summed E-state index contributed by atoms with van der Waals surface area (Å²) in [5.74, 6) is 0.200. The van der Waals surface area contributed by atoms with Crippen LogP contribution in [0.5, 0.6) is 0 Å². The van der Waals surface area contributed by atoms with Crippen molar-refractivity contribution in [1.82, 2.24) is 0 Å². The SMILES string of the molecule is C/C=C1\CC2CC(=O)OC(/C=C/C=C\CCCC(=O)Nc3ccccc3)C(C)/C=C/C(C)CC3CCCC(CC(C1)O2)O3. The van der Waals surface area contributed by atoms with E-state index in [-0.39, 0.29) is 54.7 Å². The second kappa shape index (κ2) is 17.4. The second-order valence-electron chi connectivity index (χ2n) is 12.5. The smallest absolute Gasteiger partial charge is 0.309 e. The predicted molar refractivity (Wildman–Crippen MR) is 173 cm³/mol. The van der Waals surface area contributed by atoms with Crippen LogP contribution in [0.2, 0.25) is 0 Å². The maximum Gasteiger partial charge on any atom is 0.309 e. The molecule has 7 unspecified atom stereocenters. The van der Waals surface area contributed by atoms with Crippen LogP contribution < -0.4 is 5.32 Å². The van der Waals surface area contributed by atoms with E-state index >= 15 is 0 Å². The fourth-order valence-corrected chi connectivity index (χ4v) is 6.30. The quantitative estimate of drug-likeness (QED) is 0.150. The first-order chi connectivity index (χ1) is 20.9. The third-order valence-electron chi connectivity index (χ3n) is 8.67. The number of unbranched alkanes of at least 4 members (excludes halogenated alkanes) is 1. The van der Waals surface area contributed by atoms with Gasteiger partial charge in [0.1, 0.15) is 6.10 Å². The Morgan fingerprint density at radius 2 is 1.67 bits per heavy atom. The number of cyclic esters (lactones) is 1. The maximum atomic E-state index is 13.2. The third-order valence-corrected chi connectivity index (χ3v) is 8.67. The average Bonchev–Trinajstić information content (AvgIpc) is 2.98. The number of benzene rings is 1. The van der Waals surface area contributed by atoms with E-state index in [9.17, 15) is 9.59 Å². The molecule has 3 aliphatic rings. The minimum atomic E-state index is -0.374. The van der Waals surface area contributed by atoms with Crippen LogP contribution in [0.25, 0.3) is 0 Å². The highest BCUT2D eigenvalue weighted by atomic mass is 16.5. The summed E-state index contributed by atoms with van der Waals surface area (Å²) in [5, 5.41) is 2.92. The van der Waals surface area contributed by atoms with E-state index < -0.39 is 0 Å². The van der Waals surface area contributed by atoms with E-state index in [1.165, 1.54) is 12.0 Å². The van der Waals surface area contributed by atoms with E-state index in [0.29, 0.717) is 12.3 Å². The number of ether oxygens (including phenoxy) is 3. The summed E-state index contributed by atoms with van der Waals surface area (Å²) < 4.78 is 19.1. The number of amides is 1. The monoisotopic (exact) mass is 589 g/mol. The van der Waals surface area contributed by atoms with E-state index in [4.69, 9.17) is 14.2 Å². The molecule has 2 fully saturated rings. The molecule has 6 nitrogen and oxygen atoms in total. The fourth-order valence-electron chi connectivity index (χ4n) is 6.30. The van der Waals surface area contributed by atoms with Crippen molar-refractivity contribution in [3.63, 3.8) is 0 Å². The Bertz CT molecular complexity index is 1140. The highest BCUT2D eigenvalue weighted by Gasteiger charge is 2.32. The molecule has 3 aliphatic heterocycles. The zero-order valence-corrected chi connectivity index (χ0v) is 26.3. The molecule has 1 aromatic rings. The van der Waals surface area contributed by atoms with Gasteiger partial charge in [0.25, 0.3) is 0 Å². The normalized spacial score (nSPS) is 32.5. The molecule has 1 N–H and O–H groups in total. The van der Waals surface area contributed by atoms with E-state index in [1.807, 2.05) is 48.6 Å². The van der Waals surface area contributed by atoms with Crippen LogP contribution in [-0.2, 0) is 23.8 Å². The van der Waals surface area contributed by atoms with E-state index in [1.54, 1.807) is 0 Å². The van der Waals surface area contributed by atoms with Gasteiger partial charge in [0.15, 0.2) is 0 Å². The summed E-state index contributed by atoms with van der Waals surface area (Å²) in [7, 11) is 0. The lowest BCUT2D eigenvalue weighted by atomic mass is 9.90. The lowest BCUT2D eigenvalue weighted by molar-refractivity contribution is -0.154. The average molecular weight is 590 g/mol. The number of rotatable bonds is 7. The summed E-state index contributed by atoms with van der Waals surface area (Å²) in [4.78, 5) is 25.3. The minimum absolute atomic E-state index is 0.0210. The Balaban J connectivity index is 1.36. The number of para-hydroxylation sites is 1. The van der Waals surface area contributed by atoms with Crippen molar-refractivity contribution in [2.24, 2.45) is 11.8 Å². The molecule has 0 spiro atoms. The second-order valence-corrected chi connectivity index (χ2v) is 12.5. The van der Waals surface area contributed by atoms with Crippen LogP contribution in [0.4, 0.5) is 5.69 Å². The van der Waals surface area contributed by atoms with E-state index in [0.717, 1.165) is 57.1 Å². The maximum absolute atomic E-state index is 13.2. The molecular formula is C37H51NO5. The highest BCUT2D eigenvalue weighted by molar-refractivity contribution is 5.90. The number of anilines is 1. The first-order valence-corrected chi connectivity index (χ1v) is 16.4. The molecule has 4 bridgehead atoms. The van der Waals surface area contributed by atoms with Gasteiger partial charge in [-0.25, -0.2) is 0 Å². The van der Waals surface area contributed by atoms with Gasteiger partial charge in [0.05, 0.1) is 30.8 Å². The predicted octanol–water partition coefficient (Wildman–Crippen LogP) is 8.26. The first-order valence-electron chi connectivity index (χ1n) is 16.4. The lowest BCUT2D eigenvalue weighted by Gasteiger charge is -2.37. The van der Waals surface area contributed by atoms with Gasteiger partial charge in [-0.05, 0) is 82.4 Å². The molecule has 0 radical (unpaired) electrons. The number of nitrogens with one attached hydrogen (secondary N) is 1. The molecular weight excluding hydrogens is 538 g/mol. The van der Waals surface area contributed by atoms with Crippen molar-refractivity contribution in [2.75, 3.05) is 5.32 Å². The number of carbonyl (C=O) groups excluding carboxylic acids is 2. The van der Waals surface area contributed by atoms with Crippen LogP contribution in [0.1, 0.15) is 91.4 Å². The summed E-state index contributed by atoms with van der Waals surface area (Å²) in [6, 6.07) is 9.52. The molecule has 1 aromatic carbocycles. The van der Waals surface area contributed by atoms with Crippen molar-refractivity contribution < 1.29 is 23.8 Å². The number of fused-ring (bicyclic) bond motifs is 4. The third kappa shape index (κ3) is 11.6. The highest BCUT2D eigenvalue weighted by Crippen LogP contribution is 2.33. The van der Waals surface area contributed by atoms with Gasteiger partial charge in [0, 0.05) is 24.4 Å². The topological polar surface area (TPSA) is 73.9 Å². The number of carbonyl (C=O) groups is 2. The van der Waals surface area contributed by atoms with Crippen LogP contribution in [0.15, 0.2) is 78.4 Å². The number of hydrogen-bond acceptors (Lipinski definition) is 5. The first kappa shape index (κ1) is 32.9. The van der Waals surface area contributed by atoms with Crippen LogP contribution in [0, 0.1) is 11.8 Å². The largest absolute Gasteiger partial charge is 0.457 e. The van der Waals surface area contributed by atoms with E-state index in [2.05, 4.69) is 50.4 Å². The molecule has 1 amide bonds. The van der Waals surface area contributed by atoms with Gasteiger partial charge in [-0.2, -0.15) is 0 Å². The molecule has 0 saturated carbocycles. The van der Waals surface area contributed by atoms with Crippen LogP contribution >= 0.6 is 0 Å². The molecule has 3 heterocycles. The van der Waals surface area contributed by atoms with Gasteiger partial charge in [-0.15, -0.1) is 0 Å². The van der Waals surface area contributed by atoms with Crippen LogP contribution in [0.3, 0.4) is 0 Å². The fraction of sp³-hybridized carbons (Fsp3) is 0.568. The van der Waals surface area contributed by atoms with Crippen molar-refractivity contribution >= 4 is 17.6 Å². The molecule has 0 aliphatic carbocycles. The Hall–Kier alpha value is -2.96. The zero-order valence-electron chi connectivity index (χ0n) is 26.3. The lowest BCUT2D eigenvalue weighted by Crippen LogP contribution is -2.37. The van der Waals surface area contributed by atoms with Crippen molar-refractivity contribution in [3.8, 4) is 0 Å². The summed E-state index contributed by atoms with van der Waals surface area (Å²) in [6.45, 7) is 6.42. The van der Waals surface area contributed by atoms with Gasteiger partial charge in [-0.3, -0.25) is 9.59 Å².